The third-order valence-corrected chi connectivity index (χ3v) is 3.18. The fourth-order valence-corrected chi connectivity index (χ4v) is 2.19. The lowest BCUT2D eigenvalue weighted by molar-refractivity contribution is -0.0403. The maximum Gasteiger partial charge on any atom is 0.180 e. The molecule has 0 fully saturated rings. The smallest absolute Gasteiger partial charge is 0.180 e. The van der Waals surface area contributed by atoms with Gasteiger partial charge < -0.3 is 21.3 Å². The maximum atomic E-state index is 10.4. The molecule has 1 heterocycles. The van der Waals surface area contributed by atoms with E-state index >= 15 is 0 Å². The van der Waals surface area contributed by atoms with Gasteiger partial charge in [-0.3, -0.25) is 0 Å². The Balaban J connectivity index is 2.79. The van der Waals surface area contributed by atoms with E-state index in [2.05, 4.69) is 4.98 Å². The number of hydrogen-bond donors (Lipinski definition) is 3. The molecule has 0 aliphatic heterocycles. The summed E-state index contributed by atoms with van der Waals surface area (Å²) in [7, 11) is 1.55. The van der Waals surface area contributed by atoms with E-state index in [9.17, 15) is 5.11 Å². The molecule has 0 amide bonds. The number of hydrogen-bond acceptors (Lipinski definition) is 6. The van der Waals surface area contributed by atoms with Crippen molar-refractivity contribution in [1.29, 1.82) is 0 Å². The molecule has 0 aromatic carbocycles. The number of aliphatic hydroxyl groups is 1. The predicted octanol–water partition coefficient (Wildman–Crippen LogP) is 0.298. The number of aromatic nitrogens is 1. The van der Waals surface area contributed by atoms with Crippen LogP contribution in [0.4, 0.5) is 5.13 Å². The average molecular weight is 231 g/mol. The molecule has 0 saturated carbocycles. The van der Waals surface area contributed by atoms with Crippen molar-refractivity contribution in [2.75, 3.05) is 26.0 Å². The fourth-order valence-electron chi connectivity index (χ4n) is 1.40. The first-order valence-electron chi connectivity index (χ1n) is 4.75. The molecule has 6 heteroatoms. The second-order valence-corrected chi connectivity index (χ2v) is 4.48. The molecule has 1 atom stereocenters. The second kappa shape index (κ2) is 5.41. The average Bonchev–Trinajstić information content (AvgIpc) is 2.63. The third-order valence-electron chi connectivity index (χ3n) is 2.16. The van der Waals surface area contributed by atoms with Crippen molar-refractivity contribution in [2.24, 2.45) is 5.73 Å². The van der Waals surface area contributed by atoms with Crippen LogP contribution in [0.2, 0.25) is 0 Å². The van der Waals surface area contributed by atoms with Gasteiger partial charge in [-0.15, -0.1) is 0 Å². The van der Waals surface area contributed by atoms with Gasteiger partial charge in [0.1, 0.15) is 5.60 Å². The Labute approximate surface area is 93.1 Å². The zero-order valence-corrected chi connectivity index (χ0v) is 9.59. The van der Waals surface area contributed by atoms with E-state index in [0.717, 1.165) is 11.3 Å². The van der Waals surface area contributed by atoms with Crippen molar-refractivity contribution in [3.63, 3.8) is 0 Å². The number of rotatable bonds is 6. The Hall–Kier alpha value is -0.690. The number of nitrogen functional groups attached to an aromatic ring is 1. The van der Waals surface area contributed by atoms with E-state index in [0.29, 0.717) is 18.1 Å². The molecular weight excluding hydrogens is 214 g/mol. The van der Waals surface area contributed by atoms with Crippen LogP contribution in [0.3, 0.4) is 0 Å². The number of methoxy groups -OCH3 is 1. The van der Waals surface area contributed by atoms with Crippen molar-refractivity contribution in [3.05, 3.63) is 11.1 Å². The highest BCUT2D eigenvalue weighted by Crippen LogP contribution is 2.31. The monoisotopic (exact) mass is 231 g/mol. The highest BCUT2D eigenvalue weighted by atomic mass is 32.1. The van der Waals surface area contributed by atoms with Gasteiger partial charge in [0.2, 0.25) is 0 Å². The topological polar surface area (TPSA) is 94.4 Å². The van der Waals surface area contributed by atoms with Crippen molar-refractivity contribution < 1.29 is 9.84 Å². The molecule has 1 aromatic rings. The molecule has 1 unspecified atom stereocenters. The number of anilines is 1. The molecule has 0 bridgehead atoms. The summed E-state index contributed by atoms with van der Waals surface area (Å²) in [6, 6.07) is 0. The molecule has 15 heavy (non-hydrogen) atoms. The summed E-state index contributed by atoms with van der Waals surface area (Å²) in [6.45, 7) is 0.773. The third kappa shape index (κ3) is 3.13. The van der Waals surface area contributed by atoms with Gasteiger partial charge in [0.05, 0.1) is 11.5 Å². The number of nitrogens with two attached hydrogens (primary N) is 2. The fraction of sp³-hybridized carbons (Fsp3) is 0.667. The van der Waals surface area contributed by atoms with Crippen LogP contribution in [0.15, 0.2) is 6.20 Å². The lowest BCUT2D eigenvalue weighted by Crippen LogP contribution is -2.31. The van der Waals surface area contributed by atoms with Crippen molar-refractivity contribution in [1.82, 2.24) is 4.98 Å². The van der Waals surface area contributed by atoms with Crippen LogP contribution >= 0.6 is 11.3 Å². The molecule has 1 aromatic heterocycles. The minimum atomic E-state index is -1.01. The first-order chi connectivity index (χ1) is 7.12. The molecule has 86 valence electrons. The lowest BCUT2D eigenvalue weighted by Gasteiger charge is -2.25. The first-order valence-corrected chi connectivity index (χ1v) is 5.57. The Morgan fingerprint density at radius 2 is 2.40 bits per heavy atom. The summed E-state index contributed by atoms with van der Waals surface area (Å²) in [4.78, 5) is 4.65. The molecule has 0 radical (unpaired) electrons. The molecule has 0 saturated heterocycles. The Bertz CT molecular complexity index is 305. The van der Waals surface area contributed by atoms with E-state index in [1.165, 1.54) is 11.3 Å². The quantitative estimate of drug-likeness (QED) is 0.654. The summed E-state index contributed by atoms with van der Waals surface area (Å²) in [5.41, 5.74) is 9.95. The van der Waals surface area contributed by atoms with E-state index < -0.39 is 5.60 Å². The zero-order chi connectivity index (χ0) is 11.3. The summed E-state index contributed by atoms with van der Waals surface area (Å²) < 4.78 is 5.01. The molecule has 0 aliphatic rings. The molecule has 0 spiro atoms. The van der Waals surface area contributed by atoms with E-state index in [1.54, 1.807) is 13.3 Å². The van der Waals surface area contributed by atoms with Gasteiger partial charge in [-0.2, -0.15) is 0 Å². The molecule has 1 rings (SSSR count). The minimum absolute atomic E-state index is 0.231. The molecule has 5 N–H and O–H groups in total. The SMILES string of the molecule is COCC(O)(CCCN)c1cnc(N)s1. The van der Waals surface area contributed by atoms with Crippen LogP contribution in [-0.2, 0) is 10.3 Å². The molecule has 5 nitrogen and oxygen atoms in total. The van der Waals surface area contributed by atoms with Crippen LogP contribution in [0.1, 0.15) is 17.7 Å². The minimum Gasteiger partial charge on any atom is -0.382 e. The van der Waals surface area contributed by atoms with Crippen LogP contribution in [0.5, 0.6) is 0 Å². The normalized spacial score (nSPS) is 15.1. The molecule has 0 aliphatic carbocycles. The van der Waals surface area contributed by atoms with Gasteiger partial charge in [-0.25, -0.2) is 4.98 Å². The van der Waals surface area contributed by atoms with Crippen molar-refractivity contribution >= 4 is 16.5 Å². The standard InChI is InChI=1S/C9H17N3O2S/c1-14-6-9(13,3-2-4-10)7-5-12-8(11)15-7/h5,13H,2-4,6,10H2,1H3,(H2,11,12). The van der Waals surface area contributed by atoms with Gasteiger partial charge in [0.15, 0.2) is 5.13 Å². The Kier molecular flexibility index (Phi) is 4.46. The van der Waals surface area contributed by atoms with Gasteiger partial charge in [-0.05, 0) is 19.4 Å². The van der Waals surface area contributed by atoms with E-state index in [-0.39, 0.29) is 6.61 Å². The summed E-state index contributed by atoms with van der Waals surface area (Å²) in [5.74, 6) is 0. The highest BCUT2D eigenvalue weighted by molar-refractivity contribution is 7.15. The van der Waals surface area contributed by atoms with E-state index in [1.807, 2.05) is 0 Å². The van der Waals surface area contributed by atoms with Gasteiger partial charge in [0, 0.05) is 13.3 Å². The second-order valence-electron chi connectivity index (χ2n) is 3.42. The first kappa shape index (κ1) is 12.4. The van der Waals surface area contributed by atoms with E-state index in [4.69, 9.17) is 16.2 Å². The van der Waals surface area contributed by atoms with Gasteiger partial charge in [-0.1, -0.05) is 11.3 Å². The highest BCUT2D eigenvalue weighted by Gasteiger charge is 2.30. The lowest BCUT2D eigenvalue weighted by atomic mass is 9.97. The summed E-state index contributed by atoms with van der Waals surface area (Å²) in [6.07, 6.45) is 2.88. The number of thiazole rings is 1. The Morgan fingerprint density at radius 1 is 1.67 bits per heavy atom. The largest absolute Gasteiger partial charge is 0.382 e. The van der Waals surface area contributed by atoms with Crippen LogP contribution in [0.25, 0.3) is 0 Å². The van der Waals surface area contributed by atoms with Crippen LogP contribution in [0, 0.1) is 0 Å². The van der Waals surface area contributed by atoms with Crippen molar-refractivity contribution in [2.45, 2.75) is 18.4 Å². The van der Waals surface area contributed by atoms with Crippen LogP contribution < -0.4 is 11.5 Å². The maximum absolute atomic E-state index is 10.4. The number of nitrogens with zero attached hydrogens (tertiary/aromatic N) is 1. The van der Waals surface area contributed by atoms with Crippen molar-refractivity contribution in [3.8, 4) is 0 Å². The van der Waals surface area contributed by atoms with Gasteiger partial charge >= 0.3 is 0 Å². The Morgan fingerprint density at radius 3 is 2.87 bits per heavy atom. The molecular formula is C9H17N3O2S. The summed E-state index contributed by atoms with van der Waals surface area (Å²) in [5, 5.41) is 10.8. The predicted molar refractivity (Wildman–Crippen MR) is 60.6 cm³/mol. The zero-order valence-electron chi connectivity index (χ0n) is 8.77. The van der Waals surface area contributed by atoms with Crippen LogP contribution in [-0.4, -0.2) is 30.4 Å². The number of ether oxygens (including phenoxy) is 1. The van der Waals surface area contributed by atoms with Gasteiger partial charge in [0.25, 0.3) is 0 Å². The summed E-state index contributed by atoms with van der Waals surface area (Å²) >= 11 is 1.28.